The summed E-state index contributed by atoms with van der Waals surface area (Å²) in [4.78, 5) is 2.37. The van der Waals surface area contributed by atoms with E-state index in [0.717, 1.165) is 35.4 Å². The maximum Gasteiger partial charge on any atom is 0.152 e. The van der Waals surface area contributed by atoms with Crippen LogP contribution in [0.5, 0.6) is 5.75 Å². The van der Waals surface area contributed by atoms with Crippen molar-refractivity contribution in [3.8, 4) is 5.75 Å². The first-order valence-corrected chi connectivity index (χ1v) is 8.09. The maximum absolute atomic E-state index is 6.21. The molecule has 1 aromatic rings. The predicted octanol–water partition coefficient (Wildman–Crippen LogP) is 3.90. The van der Waals surface area contributed by atoms with Crippen LogP contribution in [0.3, 0.4) is 0 Å². The van der Waals surface area contributed by atoms with Crippen molar-refractivity contribution in [3.05, 3.63) is 27.2 Å². The Labute approximate surface area is 134 Å². The minimum atomic E-state index is 0.286. The molecule has 0 radical (unpaired) electrons. The molecule has 1 heterocycles. The average molecular weight is 363 g/mol. The van der Waals surface area contributed by atoms with Crippen molar-refractivity contribution in [1.82, 2.24) is 4.90 Å². The predicted molar refractivity (Wildman–Crippen MR) is 85.8 cm³/mol. The SMILES string of the molecule is Cc1cc(Cl)c(OCCN2CC(C)OC(C)C2)c(Br)c1. The molecule has 0 bridgehead atoms. The molecule has 2 atom stereocenters. The van der Waals surface area contributed by atoms with E-state index in [-0.39, 0.29) is 12.2 Å². The van der Waals surface area contributed by atoms with Gasteiger partial charge < -0.3 is 9.47 Å². The Morgan fingerprint density at radius 2 is 2.00 bits per heavy atom. The molecule has 3 nitrogen and oxygen atoms in total. The summed E-state index contributed by atoms with van der Waals surface area (Å²) in [6.07, 6.45) is 0.571. The van der Waals surface area contributed by atoms with Gasteiger partial charge in [0.25, 0.3) is 0 Å². The Morgan fingerprint density at radius 3 is 2.60 bits per heavy atom. The molecule has 0 spiro atoms. The van der Waals surface area contributed by atoms with Gasteiger partial charge in [0.05, 0.1) is 21.7 Å². The van der Waals surface area contributed by atoms with Crippen molar-refractivity contribution in [2.24, 2.45) is 0 Å². The summed E-state index contributed by atoms with van der Waals surface area (Å²) >= 11 is 9.71. The normalized spacial score (nSPS) is 23.9. The van der Waals surface area contributed by atoms with E-state index in [1.807, 2.05) is 19.1 Å². The van der Waals surface area contributed by atoms with E-state index in [1.165, 1.54) is 0 Å². The van der Waals surface area contributed by atoms with E-state index in [2.05, 4.69) is 34.7 Å². The summed E-state index contributed by atoms with van der Waals surface area (Å²) in [6.45, 7) is 9.65. The van der Waals surface area contributed by atoms with Crippen LogP contribution < -0.4 is 4.74 Å². The lowest BCUT2D eigenvalue weighted by molar-refractivity contribution is -0.0699. The highest BCUT2D eigenvalue weighted by Crippen LogP contribution is 2.34. The zero-order valence-corrected chi connectivity index (χ0v) is 14.5. The van der Waals surface area contributed by atoms with Crippen LogP contribution >= 0.6 is 27.5 Å². The van der Waals surface area contributed by atoms with Gasteiger partial charge in [0.1, 0.15) is 6.61 Å². The molecule has 0 aliphatic carbocycles. The first-order valence-electron chi connectivity index (χ1n) is 6.92. The molecule has 2 rings (SSSR count). The number of benzene rings is 1. The van der Waals surface area contributed by atoms with E-state index in [1.54, 1.807) is 0 Å². The second kappa shape index (κ2) is 7.12. The summed E-state index contributed by atoms with van der Waals surface area (Å²) in [5.74, 6) is 0.728. The van der Waals surface area contributed by atoms with Crippen molar-refractivity contribution >= 4 is 27.5 Å². The Balaban J connectivity index is 1.87. The van der Waals surface area contributed by atoms with Gasteiger partial charge in [-0.2, -0.15) is 0 Å². The van der Waals surface area contributed by atoms with Crippen LogP contribution in [0.4, 0.5) is 0 Å². The molecule has 1 aliphatic rings. The smallest absolute Gasteiger partial charge is 0.152 e. The maximum atomic E-state index is 6.21. The van der Waals surface area contributed by atoms with Gasteiger partial charge in [-0.3, -0.25) is 4.90 Å². The van der Waals surface area contributed by atoms with Crippen LogP contribution in [0.1, 0.15) is 19.4 Å². The standard InChI is InChI=1S/C15H21BrClNO2/c1-10-6-13(16)15(14(17)7-10)19-5-4-18-8-11(2)20-12(3)9-18/h6-7,11-12H,4-5,8-9H2,1-3H3. The topological polar surface area (TPSA) is 21.7 Å². The van der Waals surface area contributed by atoms with Crippen LogP contribution in [0, 0.1) is 6.92 Å². The minimum Gasteiger partial charge on any atom is -0.490 e. The van der Waals surface area contributed by atoms with Crippen molar-refractivity contribution in [2.45, 2.75) is 33.0 Å². The second-order valence-electron chi connectivity index (χ2n) is 5.42. The van der Waals surface area contributed by atoms with Gasteiger partial charge in [0.2, 0.25) is 0 Å². The first kappa shape index (κ1) is 16.1. The van der Waals surface area contributed by atoms with Gasteiger partial charge in [-0.15, -0.1) is 0 Å². The van der Waals surface area contributed by atoms with Crippen molar-refractivity contribution < 1.29 is 9.47 Å². The van der Waals surface area contributed by atoms with Crippen LogP contribution in [-0.4, -0.2) is 43.3 Å². The largest absolute Gasteiger partial charge is 0.490 e. The van der Waals surface area contributed by atoms with Crippen molar-refractivity contribution in [3.63, 3.8) is 0 Å². The highest BCUT2D eigenvalue weighted by atomic mass is 79.9. The lowest BCUT2D eigenvalue weighted by Crippen LogP contribution is -2.46. The van der Waals surface area contributed by atoms with Crippen LogP contribution in [0.15, 0.2) is 16.6 Å². The minimum absolute atomic E-state index is 0.286. The quantitative estimate of drug-likeness (QED) is 0.811. The molecular weight excluding hydrogens is 342 g/mol. The molecule has 1 saturated heterocycles. The highest BCUT2D eigenvalue weighted by Gasteiger charge is 2.21. The van der Waals surface area contributed by atoms with Gasteiger partial charge in [-0.1, -0.05) is 11.6 Å². The second-order valence-corrected chi connectivity index (χ2v) is 6.68. The molecule has 0 amide bonds. The Morgan fingerprint density at radius 1 is 1.35 bits per heavy atom. The van der Waals surface area contributed by atoms with E-state index in [4.69, 9.17) is 21.1 Å². The van der Waals surface area contributed by atoms with Crippen LogP contribution in [0.2, 0.25) is 5.02 Å². The number of hydrogen-bond acceptors (Lipinski definition) is 3. The molecule has 20 heavy (non-hydrogen) atoms. The molecule has 1 fully saturated rings. The molecule has 1 aromatic carbocycles. The lowest BCUT2D eigenvalue weighted by atomic mass is 10.2. The van der Waals surface area contributed by atoms with E-state index < -0.39 is 0 Å². The molecular formula is C15H21BrClNO2. The fourth-order valence-corrected chi connectivity index (χ4v) is 3.70. The Bertz CT molecular complexity index is 436. The molecule has 1 aliphatic heterocycles. The van der Waals surface area contributed by atoms with Gasteiger partial charge in [-0.05, 0) is 54.4 Å². The number of aryl methyl sites for hydroxylation is 1. The monoisotopic (exact) mass is 361 g/mol. The summed E-state index contributed by atoms with van der Waals surface area (Å²) in [7, 11) is 0. The molecule has 0 N–H and O–H groups in total. The number of hydrogen-bond donors (Lipinski definition) is 0. The zero-order valence-electron chi connectivity index (χ0n) is 12.2. The molecule has 0 saturated carbocycles. The fourth-order valence-electron chi connectivity index (χ4n) is 2.57. The van der Waals surface area contributed by atoms with Crippen molar-refractivity contribution in [2.75, 3.05) is 26.2 Å². The lowest BCUT2D eigenvalue weighted by Gasteiger charge is -2.35. The fraction of sp³-hybridized carbons (Fsp3) is 0.600. The molecule has 112 valence electrons. The van der Waals surface area contributed by atoms with Crippen LogP contribution in [-0.2, 0) is 4.74 Å². The van der Waals surface area contributed by atoms with Gasteiger partial charge in [-0.25, -0.2) is 0 Å². The van der Waals surface area contributed by atoms with Crippen LogP contribution in [0.25, 0.3) is 0 Å². The first-order chi connectivity index (χ1) is 9.45. The number of nitrogens with zero attached hydrogens (tertiary/aromatic N) is 1. The summed E-state index contributed by atoms with van der Waals surface area (Å²) in [6, 6.07) is 3.93. The number of ether oxygens (including phenoxy) is 2. The van der Waals surface area contributed by atoms with Gasteiger partial charge >= 0.3 is 0 Å². The Kier molecular flexibility index (Phi) is 5.73. The number of rotatable bonds is 4. The number of halogens is 2. The third-order valence-electron chi connectivity index (χ3n) is 3.29. The van der Waals surface area contributed by atoms with Crippen molar-refractivity contribution in [1.29, 1.82) is 0 Å². The average Bonchev–Trinajstić information content (AvgIpc) is 2.31. The summed E-state index contributed by atoms with van der Waals surface area (Å²) in [5.41, 5.74) is 1.12. The Hall–Kier alpha value is -0.290. The van der Waals surface area contributed by atoms with Gasteiger partial charge in [0.15, 0.2) is 5.75 Å². The van der Waals surface area contributed by atoms with E-state index in [0.29, 0.717) is 11.6 Å². The third kappa shape index (κ3) is 4.35. The zero-order chi connectivity index (χ0) is 14.7. The highest BCUT2D eigenvalue weighted by molar-refractivity contribution is 9.10. The third-order valence-corrected chi connectivity index (χ3v) is 4.16. The van der Waals surface area contributed by atoms with E-state index >= 15 is 0 Å². The summed E-state index contributed by atoms with van der Waals surface area (Å²) in [5, 5.41) is 0.653. The van der Waals surface area contributed by atoms with Gasteiger partial charge in [0, 0.05) is 19.6 Å². The number of morpholine rings is 1. The summed E-state index contributed by atoms with van der Waals surface area (Å²) < 4.78 is 12.5. The molecule has 5 heteroatoms. The van der Waals surface area contributed by atoms with E-state index in [9.17, 15) is 0 Å². The molecule has 0 aromatic heterocycles. The molecule has 2 unspecified atom stereocenters.